The molecule has 1 aliphatic rings. The van der Waals surface area contributed by atoms with E-state index in [1.54, 1.807) is 37.5 Å². The van der Waals surface area contributed by atoms with Gasteiger partial charge in [-0.05, 0) is 43.1 Å². The summed E-state index contributed by atoms with van der Waals surface area (Å²) in [7, 11) is 0. The van der Waals surface area contributed by atoms with Gasteiger partial charge in [0.05, 0.1) is 11.1 Å². The molecule has 1 aromatic carbocycles. The minimum Gasteiger partial charge on any atom is -0.421 e. The molecule has 0 spiro atoms. The van der Waals surface area contributed by atoms with Gasteiger partial charge in [0, 0.05) is 35.8 Å². The summed E-state index contributed by atoms with van der Waals surface area (Å²) in [6.07, 6.45) is 5.12. The third kappa shape index (κ3) is 4.07. The van der Waals surface area contributed by atoms with Crippen molar-refractivity contribution in [1.82, 2.24) is 28.9 Å². The van der Waals surface area contributed by atoms with E-state index in [0.717, 1.165) is 16.7 Å². The molecule has 0 amide bonds. The van der Waals surface area contributed by atoms with Gasteiger partial charge >= 0.3 is 6.01 Å². The van der Waals surface area contributed by atoms with Crippen LogP contribution in [-0.4, -0.2) is 46.6 Å². The number of hydrogen-bond acceptors (Lipinski definition) is 9. The average Bonchev–Trinajstić information content (AvgIpc) is 3.21. The lowest BCUT2D eigenvalue weighted by molar-refractivity contribution is 0.318. The molecule has 1 aliphatic heterocycles. The number of nitrogens with zero attached hydrogens (tertiary/aromatic N) is 6. The van der Waals surface area contributed by atoms with Crippen molar-refractivity contribution in [3.8, 4) is 34.1 Å². The zero-order valence-corrected chi connectivity index (χ0v) is 21.0. The van der Waals surface area contributed by atoms with E-state index in [1.807, 2.05) is 3.97 Å². The van der Waals surface area contributed by atoms with E-state index in [-0.39, 0.29) is 30.2 Å². The highest BCUT2D eigenvalue weighted by atomic mass is 35.5. The van der Waals surface area contributed by atoms with Crippen LogP contribution in [0.5, 0.6) is 11.8 Å². The van der Waals surface area contributed by atoms with Crippen LogP contribution in [-0.2, 0) is 0 Å². The Bertz CT molecular complexity index is 1690. The van der Waals surface area contributed by atoms with Crippen LogP contribution in [0, 0.1) is 12.7 Å². The first kappa shape index (κ1) is 23.7. The molecule has 0 fully saturated rings. The number of nitrogens with two attached hydrogens (primary N) is 1. The molecule has 13 heteroatoms. The number of aromatic nitrogens is 6. The second kappa shape index (κ2) is 9.29. The van der Waals surface area contributed by atoms with Crippen molar-refractivity contribution >= 4 is 51.7 Å². The third-order valence-corrected chi connectivity index (χ3v) is 7.58. The Morgan fingerprint density at radius 3 is 2.84 bits per heavy atom. The predicted molar refractivity (Wildman–Crippen MR) is 143 cm³/mol. The quantitative estimate of drug-likeness (QED) is 0.253. The Morgan fingerprint density at radius 2 is 2.05 bits per heavy atom. The SMILES string of the molecule is Cc1ccnc(Oc2ccc(-c3c4n(c5ncnc(N)c35)SB(CCO)c3cc(Cl)ncc3-4)cc2F)n1. The van der Waals surface area contributed by atoms with Crippen molar-refractivity contribution < 1.29 is 14.2 Å². The molecule has 0 atom stereocenters. The minimum atomic E-state index is -0.595. The second-order valence-electron chi connectivity index (χ2n) is 8.40. The minimum absolute atomic E-state index is 0.00705. The molecular weight excluding hydrogens is 516 g/mol. The molecule has 0 saturated heterocycles. The standard InChI is InChI=1S/C24H18BClFN7O2S/c1-12-4-6-29-24(33-12)36-17-3-2-13(8-16(17)27)19-20-22(28)31-11-32-23(20)34-21(19)14-10-30-18(26)9-15(14)25(37-34)5-7-35/h2-4,6,8-11,35H,5,7H2,1H3,(H2,28,31,32). The van der Waals surface area contributed by atoms with Crippen molar-refractivity contribution in [3.05, 3.63) is 65.7 Å². The fraction of sp³-hybridized carbons (Fsp3) is 0.125. The maximum atomic E-state index is 15.4. The molecule has 0 radical (unpaired) electrons. The van der Waals surface area contributed by atoms with Gasteiger partial charge in [-0.15, -0.1) is 0 Å². The lowest BCUT2D eigenvalue weighted by Gasteiger charge is -2.25. The third-order valence-electron chi connectivity index (χ3n) is 6.06. The number of ether oxygens (including phenoxy) is 1. The molecule has 6 rings (SSSR count). The van der Waals surface area contributed by atoms with E-state index < -0.39 is 5.82 Å². The van der Waals surface area contributed by atoms with E-state index in [0.29, 0.717) is 39.3 Å². The summed E-state index contributed by atoms with van der Waals surface area (Å²) in [6.45, 7) is 1.79. The maximum Gasteiger partial charge on any atom is 0.322 e. The van der Waals surface area contributed by atoms with Crippen molar-refractivity contribution in [2.45, 2.75) is 13.2 Å². The van der Waals surface area contributed by atoms with Gasteiger partial charge in [0.2, 0.25) is 0 Å². The van der Waals surface area contributed by atoms with E-state index in [9.17, 15) is 5.11 Å². The molecule has 3 N–H and O–H groups in total. The van der Waals surface area contributed by atoms with Crippen LogP contribution >= 0.6 is 23.4 Å². The van der Waals surface area contributed by atoms with Gasteiger partial charge in [0.25, 0.3) is 5.99 Å². The van der Waals surface area contributed by atoms with E-state index in [4.69, 9.17) is 22.1 Å². The largest absolute Gasteiger partial charge is 0.421 e. The number of nitrogen functional groups attached to an aromatic ring is 1. The van der Waals surface area contributed by atoms with Crippen LogP contribution in [0.25, 0.3) is 33.4 Å². The monoisotopic (exact) mass is 533 g/mol. The molecule has 184 valence electrons. The number of aryl methyl sites for hydroxylation is 1. The molecule has 5 aromatic rings. The van der Waals surface area contributed by atoms with E-state index >= 15 is 4.39 Å². The number of fused-ring (bicyclic) bond motifs is 5. The van der Waals surface area contributed by atoms with E-state index in [2.05, 4.69) is 24.9 Å². The molecule has 0 unspecified atom stereocenters. The Balaban J connectivity index is 1.55. The van der Waals surface area contributed by atoms with Crippen LogP contribution in [0.1, 0.15) is 5.69 Å². The highest BCUT2D eigenvalue weighted by Gasteiger charge is 2.35. The first-order valence-corrected chi connectivity index (χ1v) is 12.5. The molecule has 9 nitrogen and oxygen atoms in total. The van der Waals surface area contributed by atoms with Crippen LogP contribution < -0.4 is 15.9 Å². The normalized spacial score (nSPS) is 12.5. The molecule has 4 aromatic heterocycles. The summed E-state index contributed by atoms with van der Waals surface area (Å²) in [5.74, 6) is -0.447. The molecule has 0 aliphatic carbocycles. The van der Waals surface area contributed by atoms with Gasteiger partial charge in [-0.1, -0.05) is 34.9 Å². The lowest BCUT2D eigenvalue weighted by atomic mass is 9.63. The zero-order chi connectivity index (χ0) is 25.7. The first-order chi connectivity index (χ1) is 17.9. The smallest absolute Gasteiger partial charge is 0.322 e. The predicted octanol–water partition coefficient (Wildman–Crippen LogP) is 4.13. The van der Waals surface area contributed by atoms with Crippen molar-refractivity contribution in [3.63, 3.8) is 0 Å². The molecule has 0 bridgehead atoms. The van der Waals surface area contributed by atoms with Crippen molar-refractivity contribution in [1.29, 1.82) is 0 Å². The van der Waals surface area contributed by atoms with Crippen molar-refractivity contribution in [2.75, 3.05) is 12.3 Å². The summed E-state index contributed by atoms with van der Waals surface area (Å²) in [5.41, 5.74) is 11.3. The highest BCUT2D eigenvalue weighted by Crippen LogP contribution is 2.47. The number of aliphatic hydroxyl groups is 1. The van der Waals surface area contributed by atoms with Gasteiger partial charge in [-0.25, -0.2) is 29.3 Å². The van der Waals surface area contributed by atoms with Gasteiger partial charge < -0.3 is 15.6 Å². The number of benzene rings is 1. The maximum absolute atomic E-state index is 15.4. The first-order valence-electron chi connectivity index (χ1n) is 11.3. The summed E-state index contributed by atoms with van der Waals surface area (Å²) in [6, 6.07) is 8.22. The molecule has 5 heterocycles. The Hall–Kier alpha value is -3.74. The van der Waals surface area contributed by atoms with Crippen LogP contribution in [0.4, 0.5) is 10.2 Å². The Kier molecular flexibility index (Phi) is 5.94. The van der Waals surface area contributed by atoms with Crippen LogP contribution in [0.3, 0.4) is 0 Å². The van der Waals surface area contributed by atoms with Gasteiger partial charge in [-0.3, -0.25) is 3.97 Å². The van der Waals surface area contributed by atoms with Crippen LogP contribution in [0.15, 0.2) is 49.1 Å². The fourth-order valence-electron chi connectivity index (χ4n) is 4.47. The fourth-order valence-corrected chi connectivity index (χ4v) is 5.94. The number of rotatable bonds is 5. The topological polar surface area (TPSA) is 125 Å². The van der Waals surface area contributed by atoms with Gasteiger partial charge in [0.1, 0.15) is 17.3 Å². The Morgan fingerprint density at radius 1 is 1.19 bits per heavy atom. The summed E-state index contributed by atoms with van der Waals surface area (Å²) in [4.78, 5) is 21.2. The van der Waals surface area contributed by atoms with Gasteiger partial charge in [-0.2, -0.15) is 0 Å². The van der Waals surface area contributed by atoms with E-state index in [1.165, 1.54) is 30.3 Å². The number of halogens is 2. The molecule has 37 heavy (non-hydrogen) atoms. The van der Waals surface area contributed by atoms with Gasteiger partial charge in [0.15, 0.2) is 17.2 Å². The highest BCUT2D eigenvalue weighted by molar-refractivity contribution is 8.26. The molecule has 0 saturated carbocycles. The summed E-state index contributed by atoms with van der Waals surface area (Å²) >= 11 is 7.73. The summed E-state index contributed by atoms with van der Waals surface area (Å²) < 4.78 is 22.9. The number of pyridine rings is 1. The summed E-state index contributed by atoms with van der Waals surface area (Å²) in [5, 5.41) is 10.6. The second-order valence-corrected chi connectivity index (χ2v) is 9.94. The van der Waals surface area contributed by atoms with Crippen LogP contribution in [0.2, 0.25) is 11.5 Å². The zero-order valence-electron chi connectivity index (χ0n) is 19.4. The molecular formula is C24H18BClFN7O2S. The average molecular weight is 534 g/mol. The number of hydrogen-bond donors (Lipinski definition) is 2. The number of aliphatic hydroxyl groups excluding tert-OH is 1. The number of anilines is 1. The lowest BCUT2D eigenvalue weighted by Crippen LogP contribution is -2.34. The Labute approximate surface area is 220 Å². The van der Waals surface area contributed by atoms with Crippen molar-refractivity contribution in [2.24, 2.45) is 0 Å².